The fourth-order valence-corrected chi connectivity index (χ4v) is 3.19. The summed E-state index contributed by atoms with van der Waals surface area (Å²) in [7, 11) is 0. The van der Waals surface area contributed by atoms with E-state index >= 15 is 0 Å². The number of hydrogen-bond donors (Lipinski definition) is 1. The molecule has 2 aromatic rings. The highest BCUT2D eigenvalue weighted by molar-refractivity contribution is 5.86. The zero-order chi connectivity index (χ0) is 16.1. The number of alkyl halides is 3. The maximum absolute atomic E-state index is 13.2. The molecule has 118 valence electrons. The van der Waals surface area contributed by atoms with Crippen molar-refractivity contribution in [3.8, 4) is 0 Å². The molecule has 1 aromatic carbocycles. The Kier molecular flexibility index (Phi) is 3.42. The van der Waals surface area contributed by atoms with Crippen LogP contribution in [0.3, 0.4) is 0 Å². The quantitative estimate of drug-likeness (QED) is 0.788. The number of anilines is 1. The number of halogens is 3. The molecule has 0 spiro atoms. The SMILES string of the molecule is CCC1CC(C)Nc2cc3oc(=O)cc(C(F)(F)F)c3cc21. The maximum atomic E-state index is 13.2. The molecule has 1 N–H and O–H groups in total. The second kappa shape index (κ2) is 5.04. The van der Waals surface area contributed by atoms with Gasteiger partial charge in [0, 0.05) is 29.2 Å². The van der Waals surface area contributed by atoms with Crippen molar-refractivity contribution < 1.29 is 17.6 Å². The van der Waals surface area contributed by atoms with Crippen LogP contribution in [-0.2, 0) is 6.18 Å². The summed E-state index contributed by atoms with van der Waals surface area (Å²) in [6.07, 6.45) is -2.87. The Labute approximate surface area is 125 Å². The van der Waals surface area contributed by atoms with Crippen molar-refractivity contribution >= 4 is 16.7 Å². The molecule has 0 aliphatic carbocycles. The average molecular weight is 311 g/mol. The van der Waals surface area contributed by atoms with Crippen molar-refractivity contribution in [2.24, 2.45) is 0 Å². The second-order valence-electron chi connectivity index (χ2n) is 5.80. The third kappa shape index (κ3) is 2.46. The van der Waals surface area contributed by atoms with Gasteiger partial charge in [-0.05, 0) is 37.3 Å². The molecule has 0 bridgehead atoms. The standard InChI is InChI=1S/C16H16F3NO2/c1-3-9-4-8(2)20-13-7-14-11(5-10(9)13)12(16(17,18)19)6-15(21)22-14/h5-9,20H,3-4H2,1-2H3. The minimum atomic E-state index is -4.58. The van der Waals surface area contributed by atoms with Crippen LogP contribution in [0.2, 0.25) is 0 Å². The summed E-state index contributed by atoms with van der Waals surface area (Å²) in [5, 5.41) is 3.20. The number of nitrogens with one attached hydrogen (secondary N) is 1. The van der Waals surface area contributed by atoms with Crippen LogP contribution in [0.1, 0.15) is 43.7 Å². The lowest BCUT2D eigenvalue weighted by Crippen LogP contribution is -2.25. The van der Waals surface area contributed by atoms with Gasteiger partial charge in [0.1, 0.15) is 5.58 Å². The Bertz CT molecular complexity index is 779. The van der Waals surface area contributed by atoms with E-state index in [2.05, 4.69) is 5.32 Å². The van der Waals surface area contributed by atoms with Crippen LogP contribution >= 0.6 is 0 Å². The van der Waals surface area contributed by atoms with Crippen LogP contribution < -0.4 is 10.9 Å². The first-order chi connectivity index (χ1) is 10.3. The number of benzene rings is 1. The number of hydrogen-bond acceptors (Lipinski definition) is 3. The smallest absolute Gasteiger partial charge is 0.417 e. The maximum Gasteiger partial charge on any atom is 0.417 e. The van der Waals surface area contributed by atoms with Gasteiger partial charge >= 0.3 is 11.8 Å². The monoisotopic (exact) mass is 311 g/mol. The molecule has 22 heavy (non-hydrogen) atoms. The van der Waals surface area contributed by atoms with Gasteiger partial charge in [0.05, 0.1) is 5.56 Å². The molecule has 3 nitrogen and oxygen atoms in total. The molecule has 1 aromatic heterocycles. The molecule has 1 aliphatic heterocycles. The minimum Gasteiger partial charge on any atom is -0.423 e. The van der Waals surface area contributed by atoms with Crippen LogP contribution in [0.15, 0.2) is 27.4 Å². The van der Waals surface area contributed by atoms with E-state index in [1.54, 1.807) is 0 Å². The van der Waals surface area contributed by atoms with Crippen molar-refractivity contribution in [2.75, 3.05) is 5.32 Å². The van der Waals surface area contributed by atoms with Gasteiger partial charge in [-0.25, -0.2) is 4.79 Å². The van der Waals surface area contributed by atoms with E-state index in [9.17, 15) is 18.0 Å². The van der Waals surface area contributed by atoms with Gasteiger partial charge in [-0.3, -0.25) is 0 Å². The average Bonchev–Trinajstić information content (AvgIpc) is 2.42. The summed E-state index contributed by atoms with van der Waals surface area (Å²) in [4.78, 5) is 11.4. The molecular weight excluding hydrogens is 295 g/mol. The molecule has 0 radical (unpaired) electrons. The summed E-state index contributed by atoms with van der Waals surface area (Å²) in [5.41, 5.74) is -0.353. The molecule has 2 atom stereocenters. The highest BCUT2D eigenvalue weighted by Gasteiger charge is 2.35. The Hall–Kier alpha value is -1.98. The van der Waals surface area contributed by atoms with E-state index in [0.717, 1.165) is 24.1 Å². The first-order valence-electron chi connectivity index (χ1n) is 7.25. The first-order valence-corrected chi connectivity index (χ1v) is 7.25. The van der Waals surface area contributed by atoms with E-state index in [-0.39, 0.29) is 22.9 Å². The Morgan fingerprint density at radius 3 is 2.68 bits per heavy atom. The second-order valence-corrected chi connectivity index (χ2v) is 5.80. The van der Waals surface area contributed by atoms with Gasteiger partial charge in [-0.2, -0.15) is 13.2 Å². The van der Waals surface area contributed by atoms with Crippen molar-refractivity contribution in [2.45, 2.75) is 44.8 Å². The summed E-state index contributed by atoms with van der Waals surface area (Å²) in [5.74, 6) is 0.198. The van der Waals surface area contributed by atoms with Crippen molar-refractivity contribution in [1.29, 1.82) is 0 Å². The van der Waals surface area contributed by atoms with E-state index in [4.69, 9.17) is 4.42 Å². The first kappa shape index (κ1) is 14.9. The molecule has 0 saturated carbocycles. The summed E-state index contributed by atoms with van der Waals surface area (Å²) < 4.78 is 44.5. The number of fused-ring (bicyclic) bond motifs is 2. The highest BCUT2D eigenvalue weighted by atomic mass is 19.4. The van der Waals surface area contributed by atoms with E-state index in [0.29, 0.717) is 6.07 Å². The highest BCUT2D eigenvalue weighted by Crippen LogP contribution is 2.41. The lowest BCUT2D eigenvalue weighted by atomic mass is 9.84. The topological polar surface area (TPSA) is 42.2 Å². The Morgan fingerprint density at radius 1 is 1.32 bits per heavy atom. The molecular formula is C16H16F3NO2. The lowest BCUT2D eigenvalue weighted by molar-refractivity contribution is -0.136. The molecule has 2 heterocycles. The van der Waals surface area contributed by atoms with E-state index < -0.39 is 17.4 Å². The predicted molar refractivity (Wildman–Crippen MR) is 78.2 cm³/mol. The van der Waals surface area contributed by atoms with Crippen LogP contribution in [0.25, 0.3) is 11.0 Å². The summed E-state index contributed by atoms with van der Waals surface area (Å²) in [6, 6.07) is 3.78. The molecule has 3 rings (SSSR count). The molecule has 0 saturated heterocycles. The molecule has 0 amide bonds. The Morgan fingerprint density at radius 2 is 2.05 bits per heavy atom. The third-order valence-corrected chi connectivity index (χ3v) is 4.19. The zero-order valence-electron chi connectivity index (χ0n) is 12.3. The van der Waals surface area contributed by atoms with Crippen molar-refractivity contribution in [3.05, 3.63) is 39.7 Å². The lowest BCUT2D eigenvalue weighted by Gasteiger charge is -2.31. The molecule has 2 unspecified atom stereocenters. The van der Waals surface area contributed by atoms with Crippen LogP contribution in [0.5, 0.6) is 0 Å². The largest absolute Gasteiger partial charge is 0.423 e. The van der Waals surface area contributed by atoms with Crippen LogP contribution in [0, 0.1) is 0 Å². The summed E-state index contributed by atoms with van der Waals surface area (Å²) >= 11 is 0. The van der Waals surface area contributed by atoms with Gasteiger partial charge < -0.3 is 9.73 Å². The fourth-order valence-electron chi connectivity index (χ4n) is 3.19. The van der Waals surface area contributed by atoms with Crippen molar-refractivity contribution in [3.63, 3.8) is 0 Å². The minimum absolute atomic E-state index is 0.0324. The van der Waals surface area contributed by atoms with Gasteiger partial charge in [-0.15, -0.1) is 0 Å². The third-order valence-electron chi connectivity index (χ3n) is 4.19. The van der Waals surface area contributed by atoms with Crippen LogP contribution in [0.4, 0.5) is 18.9 Å². The summed E-state index contributed by atoms with van der Waals surface area (Å²) in [6.45, 7) is 4.05. The van der Waals surface area contributed by atoms with Gasteiger partial charge in [-0.1, -0.05) is 6.92 Å². The fraction of sp³-hybridized carbons (Fsp3) is 0.438. The van der Waals surface area contributed by atoms with E-state index in [1.807, 2.05) is 13.8 Å². The van der Waals surface area contributed by atoms with Gasteiger partial charge in [0.25, 0.3) is 0 Å². The molecule has 6 heteroatoms. The number of rotatable bonds is 1. The predicted octanol–water partition coefficient (Wildman–Crippen LogP) is 4.51. The van der Waals surface area contributed by atoms with Gasteiger partial charge in [0.2, 0.25) is 0 Å². The van der Waals surface area contributed by atoms with Crippen molar-refractivity contribution in [1.82, 2.24) is 0 Å². The Balaban J connectivity index is 2.31. The van der Waals surface area contributed by atoms with Gasteiger partial charge in [0.15, 0.2) is 0 Å². The zero-order valence-corrected chi connectivity index (χ0v) is 12.3. The normalized spacial score (nSPS) is 21.5. The van der Waals surface area contributed by atoms with Crippen LogP contribution in [-0.4, -0.2) is 6.04 Å². The van der Waals surface area contributed by atoms with E-state index in [1.165, 1.54) is 12.1 Å². The molecule has 0 fully saturated rings. The molecule has 1 aliphatic rings.